The Hall–Kier alpha value is -0.120. The Morgan fingerprint density at radius 1 is 1.33 bits per heavy atom. The van der Waals surface area contributed by atoms with E-state index in [9.17, 15) is 0 Å². The van der Waals surface area contributed by atoms with Crippen molar-refractivity contribution >= 4 is 0 Å². The lowest BCUT2D eigenvalue weighted by Crippen LogP contribution is -2.54. The highest BCUT2D eigenvalue weighted by atomic mass is 15.3. The average Bonchev–Trinajstić information content (AvgIpc) is 2.74. The minimum Gasteiger partial charge on any atom is -0.313 e. The van der Waals surface area contributed by atoms with E-state index in [-0.39, 0.29) is 0 Å². The molecular weight excluding hydrogens is 186 g/mol. The van der Waals surface area contributed by atoms with Crippen LogP contribution in [0.25, 0.3) is 0 Å². The summed E-state index contributed by atoms with van der Waals surface area (Å²) >= 11 is 0. The maximum atomic E-state index is 3.59. The Morgan fingerprint density at radius 2 is 2.20 bits per heavy atom. The van der Waals surface area contributed by atoms with E-state index in [0.717, 1.165) is 12.1 Å². The Morgan fingerprint density at radius 3 is 2.80 bits per heavy atom. The van der Waals surface area contributed by atoms with E-state index in [1.165, 1.54) is 52.1 Å². The summed E-state index contributed by atoms with van der Waals surface area (Å²) in [5.41, 5.74) is 0. The van der Waals surface area contributed by atoms with Gasteiger partial charge in [0.25, 0.3) is 0 Å². The van der Waals surface area contributed by atoms with Crippen LogP contribution in [0.1, 0.15) is 26.7 Å². The minimum absolute atomic E-state index is 0.737. The van der Waals surface area contributed by atoms with Gasteiger partial charge in [-0.3, -0.25) is 4.90 Å². The van der Waals surface area contributed by atoms with Crippen LogP contribution < -0.4 is 5.32 Å². The van der Waals surface area contributed by atoms with Crippen LogP contribution in [0.3, 0.4) is 0 Å². The first-order chi connectivity index (χ1) is 7.29. The number of nitrogens with zero attached hydrogens (tertiary/aromatic N) is 2. The van der Waals surface area contributed by atoms with Gasteiger partial charge in [0.05, 0.1) is 0 Å². The highest BCUT2D eigenvalue weighted by Gasteiger charge is 2.25. The van der Waals surface area contributed by atoms with Gasteiger partial charge in [0.2, 0.25) is 0 Å². The lowest BCUT2D eigenvalue weighted by atomic mass is 10.1. The number of piperazine rings is 1. The van der Waals surface area contributed by atoms with Crippen molar-refractivity contribution in [2.45, 2.75) is 38.8 Å². The second-order valence-electron chi connectivity index (χ2n) is 5.03. The third-order valence-corrected chi connectivity index (χ3v) is 3.91. The molecule has 0 saturated carbocycles. The lowest BCUT2D eigenvalue weighted by Gasteiger charge is -2.40. The number of hydrogen-bond donors (Lipinski definition) is 1. The Bertz CT molecular complexity index is 189. The molecule has 0 amide bonds. The van der Waals surface area contributed by atoms with Gasteiger partial charge in [-0.1, -0.05) is 6.92 Å². The van der Waals surface area contributed by atoms with E-state index in [0.29, 0.717) is 0 Å². The molecule has 2 fully saturated rings. The largest absolute Gasteiger partial charge is 0.313 e. The summed E-state index contributed by atoms with van der Waals surface area (Å²) in [6.07, 6.45) is 2.74. The molecule has 0 aromatic rings. The molecule has 0 spiro atoms. The summed E-state index contributed by atoms with van der Waals surface area (Å²) < 4.78 is 0. The molecule has 3 nitrogen and oxygen atoms in total. The quantitative estimate of drug-likeness (QED) is 0.744. The zero-order valence-electron chi connectivity index (χ0n) is 10.2. The van der Waals surface area contributed by atoms with Gasteiger partial charge in [-0.15, -0.1) is 0 Å². The van der Waals surface area contributed by atoms with E-state index in [2.05, 4.69) is 29.0 Å². The Labute approximate surface area is 93.8 Å². The first-order valence-corrected chi connectivity index (χ1v) is 6.49. The highest BCUT2D eigenvalue weighted by molar-refractivity contribution is 4.84. The molecule has 15 heavy (non-hydrogen) atoms. The number of hydrogen-bond acceptors (Lipinski definition) is 3. The topological polar surface area (TPSA) is 18.5 Å². The molecule has 2 aliphatic heterocycles. The molecule has 0 bridgehead atoms. The first-order valence-electron chi connectivity index (χ1n) is 6.49. The van der Waals surface area contributed by atoms with Gasteiger partial charge < -0.3 is 10.2 Å². The van der Waals surface area contributed by atoms with Crippen molar-refractivity contribution in [1.29, 1.82) is 0 Å². The second kappa shape index (κ2) is 5.28. The number of likely N-dealkylation sites (N-methyl/N-ethyl adjacent to an activating group) is 1. The maximum Gasteiger partial charge on any atom is 0.0196 e. The molecule has 2 heterocycles. The molecule has 2 aliphatic rings. The molecule has 2 unspecified atom stereocenters. The van der Waals surface area contributed by atoms with Crippen LogP contribution in [-0.4, -0.2) is 61.2 Å². The van der Waals surface area contributed by atoms with Crippen LogP contribution in [0.2, 0.25) is 0 Å². The third kappa shape index (κ3) is 2.92. The molecule has 0 aromatic heterocycles. The van der Waals surface area contributed by atoms with Gasteiger partial charge in [0.15, 0.2) is 0 Å². The zero-order chi connectivity index (χ0) is 10.7. The van der Waals surface area contributed by atoms with Crippen molar-refractivity contribution in [1.82, 2.24) is 15.1 Å². The smallest absolute Gasteiger partial charge is 0.0196 e. The Kier molecular flexibility index (Phi) is 4.00. The number of nitrogens with one attached hydrogen (secondary N) is 1. The monoisotopic (exact) mass is 211 g/mol. The fourth-order valence-electron chi connectivity index (χ4n) is 2.82. The molecule has 2 rings (SSSR count). The fraction of sp³-hybridized carbons (Fsp3) is 1.00. The van der Waals surface area contributed by atoms with E-state index in [1.807, 2.05) is 0 Å². The molecule has 3 heteroatoms. The summed E-state index contributed by atoms with van der Waals surface area (Å²) in [6, 6.07) is 1.50. The van der Waals surface area contributed by atoms with E-state index in [1.54, 1.807) is 0 Å². The van der Waals surface area contributed by atoms with Crippen molar-refractivity contribution < 1.29 is 0 Å². The van der Waals surface area contributed by atoms with Crippen molar-refractivity contribution in [3.8, 4) is 0 Å². The average molecular weight is 211 g/mol. The van der Waals surface area contributed by atoms with Crippen LogP contribution >= 0.6 is 0 Å². The van der Waals surface area contributed by atoms with Crippen molar-refractivity contribution in [3.05, 3.63) is 0 Å². The van der Waals surface area contributed by atoms with Gasteiger partial charge in [0.1, 0.15) is 0 Å². The van der Waals surface area contributed by atoms with E-state index < -0.39 is 0 Å². The van der Waals surface area contributed by atoms with Crippen LogP contribution in [-0.2, 0) is 0 Å². The molecule has 1 N–H and O–H groups in total. The summed E-state index contributed by atoms with van der Waals surface area (Å²) in [7, 11) is 0. The Balaban J connectivity index is 1.77. The second-order valence-corrected chi connectivity index (χ2v) is 5.03. The SMILES string of the molecule is CCN1CCN(CC2CCCN2)C(C)C1. The third-order valence-electron chi connectivity index (χ3n) is 3.91. The lowest BCUT2D eigenvalue weighted by molar-refractivity contribution is 0.0804. The van der Waals surface area contributed by atoms with Gasteiger partial charge in [-0.25, -0.2) is 0 Å². The van der Waals surface area contributed by atoms with Gasteiger partial charge in [0, 0.05) is 38.3 Å². The molecule has 88 valence electrons. The molecule has 0 aromatic carbocycles. The normalized spacial score (nSPS) is 34.8. The van der Waals surface area contributed by atoms with Crippen LogP contribution in [0.15, 0.2) is 0 Å². The van der Waals surface area contributed by atoms with E-state index in [4.69, 9.17) is 0 Å². The molecular formula is C12H25N3. The molecule has 2 saturated heterocycles. The minimum atomic E-state index is 0.737. The van der Waals surface area contributed by atoms with Crippen molar-refractivity contribution in [2.75, 3.05) is 39.3 Å². The van der Waals surface area contributed by atoms with Gasteiger partial charge >= 0.3 is 0 Å². The van der Waals surface area contributed by atoms with E-state index >= 15 is 0 Å². The summed E-state index contributed by atoms with van der Waals surface area (Å²) in [4.78, 5) is 5.22. The number of rotatable bonds is 3. The molecule has 2 atom stereocenters. The fourth-order valence-corrected chi connectivity index (χ4v) is 2.82. The standard InChI is InChI=1S/C12H25N3/c1-3-14-7-8-15(11(2)9-14)10-12-5-4-6-13-12/h11-13H,3-10H2,1-2H3. The summed E-state index contributed by atoms with van der Waals surface area (Å²) in [5.74, 6) is 0. The van der Waals surface area contributed by atoms with Crippen molar-refractivity contribution in [2.24, 2.45) is 0 Å². The predicted molar refractivity (Wildman–Crippen MR) is 64.2 cm³/mol. The first kappa shape index (κ1) is 11.4. The van der Waals surface area contributed by atoms with Crippen LogP contribution in [0.4, 0.5) is 0 Å². The van der Waals surface area contributed by atoms with Crippen LogP contribution in [0, 0.1) is 0 Å². The molecule has 0 radical (unpaired) electrons. The summed E-state index contributed by atoms with van der Waals surface area (Å²) in [6.45, 7) is 12.1. The van der Waals surface area contributed by atoms with Crippen LogP contribution in [0.5, 0.6) is 0 Å². The highest BCUT2D eigenvalue weighted by Crippen LogP contribution is 2.13. The summed E-state index contributed by atoms with van der Waals surface area (Å²) in [5, 5.41) is 3.59. The van der Waals surface area contributed by atoms with Gasteiger partial charge in [-0.2, -0.15) is 0 Å². The maximum absolute atomic E-state index is 3.59. The zero-order valence-corrected chi connectivity index (χ0v) is 10.2. The molecule has 0 aliphatic carbocycles. The van der Waals surface area contributed by atoms with Crippen molar-refractivity contribution in [3.63, 3.8) is 0 Å². The predicted octanol–water partition coefficient (Wildman–Crippen LogP) is 0.764. The van der Waals surface area contributed by atoms with Gasteiger partial charge in [-0.05, 0) is 32.9 Å².